The van der Waals surface area contributed by atoms with Crippen molar-refractivity contribution < 1.29 is 4.79 Å². The number of aromatic nitrogens is 3. The van der Waals surface area contributed by atoms with Crippen molar-refractivity contribution in [2.45, 2.75) is 0 Å². The highest BCUT2D eigenvalue weighted by molar-refractivity contribution is 5.93. The molecule has 0 saturated heterocycles. The maximum Gasteiger partial charge on any atom is 0.156 e. The second-order valence-corrected chi connectivity index (χ2v) is 2.35. The molecule has 0 unspecified atom stereocenters. The lowest BCUT2D eigenvalue weighted by Gasteiger charge is -1.90. The average Bonchev–Trinajstić information content (AvgIpc) is 2.46. The smallest absolute Gasteiger partial charge is 0.156 e. The molecule has 0 aromatic carbocycles. The van der Waals surface area contributed by atoms with Gasteiger partial charge in [0.25, 0.3) is 0 Å². The number of fused-ring (bicyclic) bond motifs is 1. The number of carbonyl (C=O) groups excluding carboxylic acids is 1. The minimum Gasteiger partial charge on any atom is -0.382 e. The van der Waals surface area contributed by atoms with E-state index < -0.39 is 0 Å². The third kappa shape index (κ3) is 0.833. The number of aromatic amines is 1. The molecule has 0 saturated carbocycles. The van der Waals surface area contributed by atoms with Crippen LogP contribution in [0.25, 0.3) is 11.2 Å². The van der Waals surface area contributed by atoms with E-state index in [4.69, 9.17) is 5.73 Å². The Kier molecular flexibility index (Phi) is 1.30. The Hall–Kier alpha value is -1.91. The van der Waals surface area contributed by atoms with E-state index in [-0.39, 0.29) is 0 Å². The molecule has 2 aromatic rings. The van der Waals surface area contributed by atoms with Crippen molar-refractivity contribution in [3.8, 4) is 0 Å². The molecule has 3 N–H and O–H groups in total. The summed E-state index contributed by atoms with van der Waals surface area (Å²) in [7, 11) is 0. The van der Waals surface area contributed by atoms with Gasteiger partial charge in [-0.25, -0.2) is 9.97 Å². The SMILES string of the molecule is Nc1cnc2[nH]cc(C=O)c2n1. The third-order valence-corrected chi connectivity index (χ3v) is 1.56. The number of hydrogen-bond donors (Lipinski definition) is 2. The molecule has 0 aliphatic rings. The number of rotatable bonds is 1. The zero-order valence-electron chi connectivity index (χ0n) is 6.11. The number of aldehydes is 1. The number of carbonyl (C=O) groups is 1. The van der Waals surface area contributed by atoms with Gasteiger partial charge in [0.15, 0.2) is 11.9 Å². The van der Waals surface area contributed by atoms with Gasteiger partial charge >= 0.3 is 0 Å². The minimum atomic E-state index is 0.310. The van der Waals surface area contributed by atoms with Gasteiger partial charge in [0, 0.05) is 6.20 Å². The first-order chi connectivity index (χ1) is 5.81. The minimum absolute atomic E-state index is 0.310. The van der Waals surface area contributed by atoms with Gasteiger partial charge in [-0.15, -0.1) is 0 Å². The Labute approximate surface area is 67.6 Å². The first kappa shape index (κ1) is 6.78. The van der Waals surface area contributed by atoms with Crippen LogP contribution >= 0.6 is 0 Å². The normalized spacial score (nSPS) is 10.3. The van der Waals surface area contributed by atoms with Crippen molar-refractivity contribution in [2.75, 3.05) is 5.73 Å². The van der Waals surface area contributed by atoms with Gasteiger partial charge in [-0.1, -0.05) is 0 Å². The van der Waals surface area contributed by atoms with Gasteiger partial charge in [-0.05, 0) is 0 Å². The number of nitrogens with zero attached hydrogens (tertiary/aromatic N) is 2. The van der Waals surface area contributed by atoms with Crippen LogP contribution in [0.2, 0.25) is 0 Å². The van der Waals surface area contributed by atoms with E-state index in [0.29, 0.717) is 28.8 Å². The Bertz CT molecular complexity index is 434. The molecule has 2 aromatic heterocycles. The van der Waals surface area contributed by atoms with Crippen LogP contribution in [0.3, 0.4) is 0 Å². The van der Waals surface area contributed by atoms with E-state index >= 15 is 0 Å². The molecule has 2 rings (SSSR count). The Balaban J connectivity index is 2.83. The van der Waals surface area contributed by atoms with Crippen molar-refractivity contribution in [1.82, 2.24) is 15.0 Å². The molecule has 5 heteroatoms. The van der Waals surface area contributed by atoms with Crippen molar-refractivity contribution in [3.63, 3.8) is 0 Å². The Morgan fingerprint density at radius 1 is 1.58 bits per heavy atom. The van der Waals surface area contributed by atoms with E-state index in [1.165, 1.54) is 6.20 Å². The summed E-state index contributed by atoms with van der Waals surface area (Å²) in [5.74, 6) is 0.310. The predicted molar refractivity (Wildman–Crippen MR) is 43.7 cm³/mol. The molecule has 0 fully saturated rings. The molecular formula is C7H6N4O. The summed E-state index contributed by atoms with van der Waals surface area (Å²) in [6, 6.07) is 0. The highest BCUT2D eigenvalue weighted by Gasteiger charge is 2.04. The molecule has 0 atom stereocenters. The highest BCUT2D eigenvalue weighted by atomic mass is 16.1. The molecule has 2 heterocycles. The van der Waals surface area contributed by atoms with Crippen LogP contribution in [-0.4, -0.2) is 21.2 Å². The zero-order valence-corrected chi connectivity index (χ0v) is 6.11. The molecule has 60 valence electrons. The molecule has 0 amide bonds. The largest absolute Gasteiger partial charge is 0.382 e. The second-order valence-electron chi connectivity index (χ2n) is 2.35. The summed E-state index contributed by atoms with van der Waals surface area (Å²) in [5, 5.41) is 0. The molecule has 0 aliphatic heterocycles. The van der Waals surface area contributed by atoms with Gasteiger partial charge in [0.05, 0.1) is 11.8 Å². The standard InChI is InChI=1S/C7H6N4O/c8-5-2-10-7-6(11-5)4(3-12)1-9-7/h1-3H,(H2,8,11)(H,9,10). The topological polar surface area (TPSA) is 84.7 Å². The summed E-state index contributed by atoms with van der Waals surface area (Å²) in [5.41, 5.74) is 6.97. The lowest BCUT2D eigenvalue weighted by molar-refractivity contribution is 0.112. The monoisotopic (exact) mass is 162 g/mol. The fraction of sp³-hybridized carbons (Fsp3) is 0. The molecule has 0 spiro atoms. The van der Waals surface area contributed by atoms with Crippen LogP contribution in [0.4, 0.5) is 5.82 Å². The number of H-pyrrole nitrogens is 1. The third-order valence-electron chi connectivity index (χ3n) is 1.56. The van der Waals surface area contributed by atoms with Crippen molar-refractivity contribution in [2.24, 2.45) is 0 Å². The molecule has 12 heavy (non-hydrogen) atoms. The zero-order chi connectivity index (χ0) is 8.55. The molecular weight excluding hydrogens is 156 g/mol. The second kappa shape index (κ2) is 2.30. The van der Waals surface area contributed by atoms with Crippen LogP contribution < -0.4 is 5.73 Å². The van der Waals surface area contributed by atoms with Crippen molar-refractivity contribution >= 4 is 23.3 Å². The summed E-state index contributed by atoms with van der Waals surface area (Å²) in [4.78, 5) is 21.2. The number of hydrogen-bond acceptors (Lipinski definition) is 4. The quantitative estimate of drug-likeness (QED) is 0.592. The van der Waals surface area contributed by atoms with E-state index in [1.54, 1.807) is 6.20 Å². The summed E-state index contributed by atoms with van der Waals surface area (Å²) in [6.07, 6.45) is 3.71. The van der Waals surface area contributed by atoms with E-state index in [1.807, 2.05) is 0 Å². The van der Waals surface area contributed by atoms with E-state index in [0.717, 1.165) is 0 Å². The van der Waals surface area contributed by atoms with E-state index in [9.17, 15) is 4.79 Å². The highest BCUT2D eigenvalue weighted by Crippen LogP contribution is 2.12. The fourth-order valence-corrected chi connectivity index (χ4v) is 1.01. The van der Waals surface area contributed by atoms with Crippen LogP contribution in [-0.2, 0) is 0 Å². The Morgan fingerprint density at radius 2 is 2.42 bits per heavy atom. The van der Waals surface area contributed by atoms with Gasteiger partial charge in [-0.2, -0.15) is 0 Å². The van der Waals surface area contributed by atoms with Crippen LogP contribution in [0.1, 0.15) is 10.4 Å². The number of anilines is 1. The first-order valence-electron chi connectivity index (χ1n) is 3.36. The predicted octanol–water partition coefficient (Wildman–Crippen LogP) is 0.353. The number of nitrogen functional groups attached to an aromatic ring is 1. The van der Waals surface area contributed by atoms with Crippen molar-refractivity contribution in [3.05, 3.63) is 18.0 Å². The van der Waals surface area contributed by atoms with Gasteiger partial charge < -0.3 is 10.7 Å². The van der Waals surface area contributed by atoms with Gasteiger partial charge in [0.1, 0.15) is 11.3 Å². The fourth-order valence-electron chi connectivity index (χ4n) is 1.01. The Morgan fingerprint density at radius 3 is 3.17 bits per heavy atom. The maximum absolute atomic E-state index is 10.5. The maximum atomic E-state index is 10.5. The van der Waals surface area contributed by atoms with Crippen LogP contribution in [0.15, 0.2) is 12.4 Å². The summed E-state index contributed by atoms with van der Waals surface area (Å²) < 4.78 is 0. The van der Waals surface area contributed by atoms with Gasteiger partial charge in [-0.3, -0.25) is 4.79 Å². The molecule has 0 bridgehead atoms. The first-order valence-corrected chi connectivity index (χ1v) is 3.36. The van der Waals surface area contributed by atoms with E-state index in [2.05, 4.69) is 15.0 Å². The number of nitrogens with one attached hydrogen (secondary N) is 1. The molecule has 0 aliphatic carbocycles. The lowest BCUT2D eigenvalue weighted by Crippen LogP contribution is -1.92. The number of nitrogens with two attached hydrogens (primary N) is 1. The van der Waals surface area contributed by atoms with Crippen LogP contribution in [0.5, 0.6) is 0 Å². The van der Waals surface area contributed by atoms with Crippen LogP contribution in [0, 0.1) is 0 Å². The molecule has 5 nitrogen and oxygen atoms in total. The summed E-state index contributed by atoms with van der Waals surface area (Å²) >= 11 is 0. The average molecular weight is 162 g/mol. The lowest BCUT2D eigenvalue weighted by atomic mass is 10.3. The molecule has 0 radical (unpaired) electrons. The van der Waals surface area contributed by atoms with Crippen molar-refractivity contribution in [1.29, 1.82) is 0 Å². The summed E-state index contributed by atoms with van der Waals surface area (Å²) in [6.45, 7) is 0. The van der Waals surface area contributed by atoms with Gasteiger partial charge in [0.2, 0.25) is 0 Å².